The SMILES string of the molecule is C[C@H](COc1cc(C(F)(F)F)ccc1Cl)NC(=O)c1[nH]c(=O)[nH]c(=O)c1N. The number of rotatable bonds is 5. The first-order valence-electron chi connectivity index (χ1n) is 7.41. The molecule has 0 spiro atoms. The number of anilines is 1. The Hall–Kier alpha value is -2.95. The Bertz CT molecular complexity index is 971. The zero-order chi connectivity index (χ0) is 20.4. The molecule has 146 valence electrons. The maximum Gasteiger partial charge on any atom is 0.416 e. The van der Waals surface area contributed by atoms with Crippen molar-refractivity contribution >= 4 is 23.2 Å². The summed E-state index contributed by atoms with van der Waals surface area (Å²) in [5.41, 5.74) is 1.74. The molecule has 2 rings (SSSR count). The van der Waals surface area contributed by atoms with Crippen LogP contribution in [0.1, 0.15) is 23.0 Å². The van der Waals surface area contributed by atoms with Crippen LogP contribution in [0.15, 0.2) is 27.8 Å². The average molecular weight is 407 g/mol. The van der Waals surface area contributed by atoms with Gasteiger partial charge in [0.05, 0.1) is 16.6 Å². The molecule has 0 aliphatic heterocycles. The summed E-state index contributed by atoms with van der Waals surface area (Å²) in [4.78, 5) is 38.7. The maximum atomic E-state index is 12.7. The van der Waals surface area contributed by atoms with Crippen LogP contribution >= 0.6 is 11.6 Å². The highest BCUT2D eigenvalue weighted by atomic mass is 35.5. The number of alkyl halides is 3. The number of aromatic nitrogens is 2. The van der Waals surface area contributed by atoms with E-state index < -0.39 is 46.3 Å². The summed E-state index contributed by atoms with van der Waals surface area (Å²) in [6.45, 7) is 1.25. The summed E-state index contributed by atoms with van der Waals surface area (Å²) in [5, 5.41) is 2.36. The predicted octanol–water partition coefficient (Wildman–Crippen LogP) is 1.51. The summed E-state index contributed by atoms with van der Waals surface area (Å²) in [6, 6.07) is 1.88. The lowest BCUT2D eigenvalue weighted by Crippen LogP contribution is -2.40. The molecular weight excluding hydrogens is 393 g/mol. The van der Waals surface area contributed by atoms with E-state index in [9.17, 15) is 27.6 Å². The lowest BCUT2D eigenvalue weighted by atomic mass is 10.2. The molecule has 0 radical (unpaired) electrons. The molecule has 0 aliphatic carbocycles. The van der Waals surface area contributed by atoms with Gasteiger partial charge in [-0.1, -0.05) is 11.6 Å². The maximum absolute atomic E-state index is 12.7. The van der Waals surface area contributed by atoms with Gasteiger partial charge in [0.25, 0.3) is 11.5 Å². The van der Waals surface area contributed by atoms with Crippen LogP contribution < -0.4 is 27.0 Å². The van der Waals surface area contributed by atoms with Crippen molar-refractivity contribution in [2.75, 3.05) is 12.3 Å². The second-order valence-electron chi connectivity index (χ2n) is 5.53. The minimum Gasteiger partial charge on any atom is -0.490 e. The Kier molecular flexibility index (Phi) is 5.84. The van der Waals surface area contributed by atoms with E-state index in [1.165, 1.54) is 6.92 Å². The molecule has 5 N–H and O–H groups in total. The zero-order valence-electron chi connectivity index (χ0n) is 13.7. The molecule has 1 atom stereocenters. The van der Waals surface area contributed by atoms with Gasteiger partial charge in [0.1, 0.15) is 23.7 Å². The van der Waals surface area contributed by atoms with Gasteiger partial charge in [-0.3, -0.25) is 14.6 Å². The first-order valence-corrected chi connectivity index (χ1v) is 7.79. The number of amides is 1. The topological polar surface area (TPSA) is 130 Å². The number of aromatic amines is 2. The number of carbonyl (C=O) groups excluding carboxylic acids is 1. The lowest BCUT2D eigenvalue weighted by molar-refractivity contribution is -0.137. The van der Waals surface area contributed by atoms with E-state index in [0.29, 0.717) is 0 Å². The molecule has 0 bridgehead atoms. The minimum absolute atomic E-state index is 0.0373. The fourth-order valence-electron chi connectivity index (χ4n) is 2.02. The normalized spacial score (nSPS) is 12.5. The molecule has 0 unspecified atom stereocenters. The molecule has 0 aliphatic rings. The van der Waals surface area contributed by atoms with Crippen LogP contribution in [-0.4, -0.2) is 28.5 Å². The predicted molar refractivity (Wildman–Crippen MR) is 91.0 cm³/mol. The molecular formula is C15H14ClF3N4O4. The van der Waals surface area contributed by atoms with Gasteiger partial charge < -0.3 is 20.8 Å². The summed E-state index contributed by atoms with van der Waals surface area (Å²) in [6.07, 6.45) is -4.56. The Morgan fingerprint density at radius 1 is 1.33 bits per heavy atom. The van der Waals surface area contributed by atoms with Crippen LogP contribution in [0.25, 0.3) is 0 Å². The third-order valence-corrected chi connectivity index (χ3v) is 3.64. The number of hydrogen-bond acceptors (Lipinski definition) is 5. The molecule has 1 heterocycles. The van der Waals surface area contributed by atoms with Crippen LogP contribution in [0.3, 0.4) is 0 Å². The van der Waals surface area contributed by atoms with Crippen molar-refractivity contribution in [1.29, 1.82) is 0 Å². The molecule has 0 saturated carbocycles. The fraction of sp³-hybridized carbons (Fsp3) is 0.267. The van der Waals surface area contributed by atoms with Crippen LogP contribution in [-0.2, 0) is 6.18 Å². The van der Waals surface area contributed by atoms with Crippen molar-refractivity contribution in [1.82, 2.24) is 15.3 Å². The Labute approximate surface area is 154 Å². The van der Waals surface area contributed by atoms with Gasteiger partial charge in [0.2, 0.25) is 0 Å². The van der Waals surface area contributed by atoms with Gasteiger partial charge in [-0.2, -0.15) is 13.2 Å². The molecule has 27 heavy (non-hydrogen) atoms. The molecule has 2 aromatic rings. The first kappa shape index (κ1) is 20.4. The largest absolute Gasteiger partial charge is 0.490 e. The number of halogens is 4. The number of benzene rings is 1. The smallest absolute Gasteiger partial charge is 0.416 e. The van der Waals surface area contributed by atoms with E-state index in [1.54, 1.807) is 0 Å². The highest BCUT2D eigenvalue weighted by Crippen LogP contribution is 2.34. The summed E-state index contributed by atoms with van der Waals surface area (Å²) in [7, 11) is 0. The van der Waals surface area contributed by atoms with Gasteiger partial charge in [-0.25, -0.2) is 4.79 Å². The Morgan fingerprint density at radius 3 is 2.63 bits per heavy atom. The highest BCUT2D eigenvalue weighted by Gasteiger charge is 2.31. The van der Waals surface area contributed by atoms with E-state index in [-0.39, 0.29) is 17.4 Å². The van der Waals surface area contributed by atoms with Crippen molar-refractivity contribution in [3.05, 3.63) is 55.3 Å². The second kappa shape index (κ2) is 7.74. The van der Waals surface area contributed by atoms with E-state index in [1.807, 2.05) is 4.98 Å². The molecule has 1 aromatic carbocycles. The number of H-pyrrole nitrogens is 2. The molecule has 1 aromatic heterocycles. The quantitative estimate of drug-likeness (QED) is 0.598. The van der Waals surface area contributed by atoms with E-state index >= 15 is 0 Å². The van der Waals surface area contributed by atoms with Crippen molar-refractivity contribution in [2.24, 2.45) is 0 Å². The fourth-order valence-corrected chi connectivity index (χ4v) is 2.19. The lowest BCUT2D eigenvalue weighted by Gasteiger charge is -2.17. The molecule has 12 heteroatoms. The van der Waals surface area contributed by atoms with Crippen LogP contribution in [0.2, 0.25) is 5.02 Å². The van der Waals surface area contributed by atoms with Gasteiger partial charge >= 0.3 is 11.9 Å². The second-order valence-corrected chi connectivity index (χ2v) is 5.93. The number of nitrogens with one attached hydrogen (secondary N) is 3. The van der Waals surface area contributed by atoms with E-state index in [2.05, 4.69) is 10.3 Å². The minimum atomic E-state index is -4.56. The monoisotopic (exact) mass is 406 g/mol. The van der Waals surface area contributed by atoms with Crippen LogP contribution in [0, 0.1) is 0 Å². The number of hydrogen-bond donors (Lipinski definition) is 4. The van der Waals surface area contributed by atoms with Crippen molar-refractivity contribution < 1.29 is 22.7 Å². The van der Waals surface area contributed by atoms with Gasteiger partial charge in [-0.05, 0) is 25.1 Å². The van der Waals surface area contributed by atoms with E-state index in [4.69, 9.17) is 22.1 Å². The van der Waals surface area contributed by atoms with Crippen LogP contribution in [0.5, 0.6) is 5.75 Å². The average Bonchev–Trinajstić information content (AvgIpc) is 2.56. The molecule has 0 fully saturated rings. The molecule has 8 nitrogen and oxygen atoms in total. The Morgan fingerprint density at radius 2 is 2.00 bits per heavy atom. The molecule has 0 saturated heterocycles. The third-order valence-electron chi connectivity index (χ3n) is 3.33. The van der Waals surface area contributed by atoms with Gasteiger partial charge in [0, 0.05) is 0 Å². The van der Waals surface area contributed by atoms with Crippen molar-refractivity contribution in [3.63, 3.8) is 0 Å². The van der Waals surface area contributed by atoms with Crippen LogP contribution in [0.4, 0.5) is 18.9 Å². The Balaban J connectivity index is 2.07. The number of nitrogens with two attached hydrogens (primary N) is 1. The summed E-state index contributed by atoms with van der Waals surface area (Å²) < 4.78 is 43.4. The van der Waals surface area contributed by atoms with Crippen molar-refractivity contribution in [3.8, 4) is 5.75 Å². The van der Waals surface area contributed by atoms with Crippen molar-refractivity contribution in [2.45, 2.75) is 19.1 Å². The highest BCUT2D eigenvalue weighted by molar-refractivity contribution is 6.32. The number of carbonyl (C=O) groups is 1. The summed E-state index contributed by atoms with van der Waals surface area (Å²) in [5.74, 6) is -1.07. The van der Waals surface area contributed by atoms with E-state index in [0.717, 1.165) is 18.2 Å². The van der Waals surface area contributed by atoms with Gasteiger partial charge in [-0.15, -0.1) is 0 Å². The zero-order valence-corrected chi connectivity index (χ0v) is 14.5. The standard InChI is InChI=1S/C15H14ClF3N4O4/c1-6(21-13(25)11-10(20)12(24)23-14(26)22-11)5-27-9-4-7(15(17,18)19)2-3-8(9)16/h2-4,6H,5,20H2,1H3,(H,21,25)(H2,22,23,24,26)/t6-/m1/s1. The molecule has 1 amide bonds. The summed E-state index contributed by atoms with van der Waals surface area (Å²) >= 11 is 5.81. The first-order chi connectivity index (χ1) is 12.5. The van der Waals surface area contributed by atoms with Gasteiger partial charge in [0.15, 0.2) is 0 Å². The number of ether oxygens (including phenoxy) is 1. The third kappa shape index (κ3) is 5.03. The number of nitrogen functional groups attached to an aromatic ring is 1.